The Hall–Kier alpha value is -2.54. The van der Waals surface area contributed by atoms with E-state index in [4.69, 9.17) is 9.05 Å². The van der Waals surface area contributed by atoms with E-state index in [9.17, 15) is 0 Å². The second-order valence-corrected chi connectivity index (χ2v) is 6.66. The molecule has 1 aromatic carbocycles. The quantitative estimate of drug-likeness (QED) is 0.702. The van der Waals surface area contributed by atoms with E-state index >= 15 is 0 Å². The summed E-state index contributed by atoms with van der Waals surface area (Å²) in [5, 5.41) is 8.21. The molecule has 0 aliphatic carbocycles. The van der Waals surface area contributed by atoms with Crippen molar-refractivity contribution in [1.29, 1.82) is 0 Å². The van der Waals surface area contributed by atoms with Crippen LogP contribution in [0.25, 0.3) is 11.5 Å². The lowest BCUT2D eigenvalue weighted by molar-refractivity contribution is 0.195. The first-order chi connectivity index (χ1) is 12.2. The average Bonchev–Trinajstić information content (AvgIpc) is 3.36. The minimum Gasteiger partial charge on any atom is -0.338 e. The highest BCUT2D eigenvalue weighted by molar-refractivity contribution is 5.51. The molecule has 0 spiro atoms. The van der Waals surface area contributed by atoms with Crippen molar-refractivity contribution >= 4 is 0 Å². The van der Waals surface area contributed by atoms with Crippen LogP contribution in [0.2, 0.25) is 0 Å². The highest BCUT2D eigenvalue weighted by Crippen LogP contribution is 2.32. The maximum Gasteiger partial charge on any atom is 0.257 e. The molecule has 3 heterocycles. The lowest BCUT2D eigenvalue weighted by Crippen LogP contribution is -2.23. The van der Waals surface area contributed by atoms with Crippen LogP contribution < -0.4 is 0 Å². The summed E-state index contributed by atoms with van der Waals surface area (Å²) in [6, 6.07) is 9.92. The Morgan fingerprint density at radius 1 is 1.12 bits per heavy atom. The third kappa shape index (κ3) is 3.32. The van der Waals surface area contributed by atoms with E-state index in [-0.39, 0.29) is 12.0 Å². The van der Waals surface area contributed by atoms with Gasteiger partial charge >= 0.3 is 0 Å². The van der Waals surface area contributed by atoms with Gasteiger partial charge in [-0.25, -0.2) is 0 Å². The fraction of sp³-hybridized carbons (Fsp3) is 0.444. The summed E-state index contributed by atoms with van der Waals surface area (Å²) in [6.07, 6.45) is 2.09. The van der Waals surface area contributed by atoms with Gasteiger partial charge < -0.3 is 9.05 Å². The Bertz CT molecular complexity index is 827. The summed E-state index contributed by atoms with van der Waals surface area (Å²) >= 11 is 0. The first-order valence-electron chi connectivity index (χ1n) is 8.66. The molecule has 0 radical (unpaired) electrons. The van der Waals surface area contributed by atoms with E-state index < -0.39 is 0 Å². The van der Waals surface area contributed by atoms with Crippen LogP contribution >= 0.6 is 0 Å². The van der Waals surface area contributed by atoms with Gasteiger partial charge in [0.05, 0.1) is 12.6 Å². The molecule has 25 heavy (non-hydrogen) atoms. The number of rotatable bonds is 5. The fourth-order valence-corrected chi connectivity index (χ4v) is 3.11. The molecule has 1 aliphatic rings. The van der Waals surface area contributed by atoms with Crippen LogP contribution in [-0.2, 0) is 6.54 Å². The van der Waals surface area contributed by atoms with Crippen LogP contribution in [0.15, 0.2) is 39.4 Å². The van der Waals surface area contributed by atoms with Gasteiger partial charge in [-0.2, -0.15) is 9.97 Å². The highest BCUT2D eigenvalue weighted by atomic mass is 16.5. The molecule has 130 valence electrons. The molecule has 4 rings (SSSR count). The zero-order valence-electron chi connectivity index (χ0n) is 14.4. The van der Waals surface area contributed by atoms with Crippen molar-refractivity contribution in [2.45, 2.75) is 45.2 Å². The summed E-state index contributed by atoms with van der Waals surface area (Å²) in [7, 11) is 0. The molecule has 0 saturated carbocycles. The third-order valence-corrected chi connectivity index (χ3v) is 4.46. The van der Waals surface area contributed by atoms with E-state index in [0.717, 1.165) is 30.8 Å². The van der Waals surface area contributed by atoms with Crippen molar-refractivity contribution < 1.29 is 9.05 Å². The molecule has 0 unspecified atom stereocenters. The Morgan fingerprint density at radius 2 is 1.96 bits per heavy atom. The van der Waals surface area contributed by atoms with E-state index in [1.807, 2.05) is 30.3 Å². The number of hydrogen-bond donors (Lipinski definition) is 0. The predicted octanol–water partition coefficient (Wildman–Crippen LogP) is 3.58. The minimum absolute atomic E-state index is 0.124. The highest BCUT2D eigenvalue weighted by Gasteiger charge is 2.32. The van der Waals surface area contributed by atoms with Crippen LogP contribution in [0.3, 0.4) is 0 Å². The third-order valence-electron chi connectivity index (χ3n) is 4.46. The lowest BCUT2D eigenvalue weighted by Gasteiger charge is -2.19. The van der Waals surface area contributed by atoms with Gasteiger partial charge in [-0.15, -0.1) is 0 Å². The molecule has 0 N–H and O–H groups in total. The molecular weight excluding hydrogens is 318 g/mol. The van der Waals surface area contributed by atoms with E-state index in [1.54, 1.807) is 0 Å². The van der Waals surface area contributed by atoms with Gasteiger partial charge in [0.2, 0.25) is 5.89 Å². The van der Waals surface area contributed by atoms with Crippen molar-refractivity contribution in [2.75, 3.05) is 6.54 Å². The van der Waals surface area contributed by atoms with E-state index in [0.29, 0.717) is 24.2 Å². The maximum atomic E-state index is 5.49. The number of likely N-dealkylation sites (tertiary alicyclic amines) is 1. The van der Waals surface area contributed by atoms with Gasteiger partial charge in [-0.3, -0.25) is 4.90 Å². The number of benzene rings is 1. The molecule has 7 nitrogen and oxygen atoms in total. The summed E-state index contributed by atoms with van der Waals surface area (Å²) in [6.45, 7) is 5.69. The van der Waals surface area contributed by atoms with Crippen molar-refractivity contribution in [1.82, 2.24) is 25.2 Å². The molecule has 2 aromatic heterocycles. The lowest BCUT2D eigenvalue weighted by atomic mass is 10.2. The molecular formula is C18H21N5O2. The van der Waals surface area contributed by atoms with E-state index in [2.05, 4.69) is 39.0 Å². The fourth-order valence-electron chi connectivity index (χ4n) is 3.11. The number of hydrogen-bond acceptors (Lipinski definition) is 7. The smallest absolute Gasteiger partial charge is 0.257 e. The normalized spacial score (nSPS) is 18.3. The zero-order valence-corrected chi connectivity index (χ0v) is 14.4. The molecule has 1 aliphatic heterocycles. The van der Waals surface area contributed by atoms with Gasteiger partial charge in [-0.05, 0) is 31.5 Å². The Morgan fingerprint density at radius 3 is 2.72 bits per heavy atom. The summed E-state index contributed by atoms with van der Waals surface area (Å²) < 4.78 is 10.9. The molecule has 1 atom stereocenters. The van der Waals surface area contributed by atoms with Gasteiger partial charge in [0, 0.05) is 11.5 Å². The molecule has 1 saturated heterocycles. The summed E-state index contributed by atoms with van der Waals surface area (Å²) in [5.41, 5.74) is 0.928. The molecule has 3 aromatic rings. The predicted molar refractivity (Wildman–Crippen MR) is 90.5 cm³/mol. The standard InChI is InChI=1S/C18H21N5O2/c1-12(2)16-20-18(25-22-16)14-9-6-10-23(14)11-15-19-17(24-21-15)13-7-4-3-5-8-13/h3-5,7-8,12,14H,6,9-11H2,1-2H3/t14-/m0/s1. The minimum atomic E-state index is 0.124. The van der Waals surface area contributed by atoms with Crippen LogP contribution in [0.5, 0.6) is 0 Å². The zero-order chi connectivity index (χ0) is 17.2. The Kier molecular flexibility index (Phi) is 4.31. The second-order valence-electron chi connectivity index (χ2n) is 6.66. The second kappa shape index (κ2) is 6.76. The topological polar surface area (TPSA) is 81.1 Å². The van der Waals surface area contributed by atoms with Gasteiger partial charge in [0.1, 0.15) is 0 Å². The molecule has 7 heteroatoms. The van der Waals surface area contributed by atoms with Crippen molar-refractivity contribution in [3.63, 3.8) is 0 Å². The first-order valence-corrected chi connectivity index (χ1v) is 8.66. The van der Waals surface area contributed by atoms with Crippen molar-refractivity contribution in [3.05, 3.63) is 47.9 Å². The number of aromatic nitrogens is 4. The Balaban J connectivity index is 1.49. The molecule has 0 bridgehead atoms. The monoisotopic (exact) mass is 339 g/mol. The van der Waals surface area contributed by atoms with Crippen LogP contribution in [0.4, 0.5) is 0 Å². The molecule has 1 fully saturated rings. The number of nitrogens with zero attached hydrogens (tertiary/aromatic N) is 5. The summed E-state index contributed by atoms with van der Waals surface area (Å²) in [4.78, 5) is 11.3. The average molecular weight is 339 g/mol. The summed E-state index contributed by atoms with van der Waals surface area (Å²) in [5.74, 6) is 2.93. The van der Waals surface area contributed by atoms with Gasteiger partial charge in [0.15, 0.2) is 11.6 Å². The van der Waals surface area contributed by atoms with Crippen LogP contribution in [-0.4, -0.2) is 31.7 Å². The molecule has 0 amide bonds. The first kappa shape index (κ1) is 16.0. The van der Waals surface area contributed by atoms with E-state index in [1.165, 1.54) is 0 Å². The van der Waals surface area contributed by atoms with Gasteiger partial charge in [-0.1, -0.05) is 42.4 Å². The van der Waals surface area contributed by atoms with Crippen LogP contribution in [0, 0.1) is 0 Å². The largest absolute Gasteiger partial charge is 0.338 e. The van der Waals surface area contributed by atoms with Crippen LogP contribution in [0.1, 0.15) is 56.2 Å². The maximum absolute atomic E-state index is 5.49. The van der Waals surface area contributed by atoms with Gasteiger partial charge in [0.25, 0.3) is 5.89 Å². The van der Waals surface area contributed by atoms with Crippen molar-refractivity contribution in [3.8, 4) is 11.5 Å². The Labute approximate surface area is 146 Å². The van der Waals surface area contributed by atoms with Crippen molar-refractivity contribution in [2.24, 2.45) is 0 Å². The SMILES string of the molecule is CC(C)c1noc([C@@H]2CCCN2Cc2noc(-c3ccccc3)n2)n1.